The summed E-state index contributed by atoms with van der Waals surface area (Å²) < 4.78 is 30.6. The van der Waals surface area contributed by atoms with Crippen LogP contribution in [0, 0.1) is 0 Å². The minimum absolute atomic E-state index is 0.0662. The van der Waals surface area contributed by atoms with Crippen molar-refractivity contribution in [1.29, 1.82) is 0 Å². The number of nitrogens with one attached hydrogen (secondary N) is 1. The predicted molar refractivity (Wildman–Crippen MR) is 92.1 cm³/mol. The summed E-state index contributed by atoms with van der Waals surface area (Å²) in [5.41, 5.74) is 1.59. The number of halogens is 2. The highest BCUT2D eigenvalue weighted by atomic mass is 32.2. The summed E-state index contributed by atoms with van der Waals surface area (Å²) in [4.78, 5) is 12.9. The Balaban J connectivity index is 1.79. The van der Waals surface area contributed by atoms with Crippen LogP contribution in [0.15, 0.2) is 34.9 Å². The zero-order valence-electron chi connectivity index (χ0n) is 12.9. The minimum atomic E-state index is -2.82. The molecule has 24 heavy (non-hydrogen) atoms. The van der Waals surface area contributed by atoms with E-state index >= 15 is 0 Å². The van der Waals surface area contributed by atoms with Crippen LogP contribution in [0.5, 0.6) is 5.75 Å². The third-order valence-corrected chi connectivity index (χ3v) is 5.34. The number of hydrogen-bond acceptors (Lipinski definition) is 7. The van der Waals surface area contributed by atoms with Crippen molar-refractivity contribution in [3.63, 3.8) is 0 Å². The normalized spacial score (nSPS) is 12.5. The maximum Gasteiger partial charge on any atom is 0.387 e. The van der Waals surface area contributed by atoms with Crippen LogP contribution in [0.25, 0.3) is 10.3 Å². The van der Waals surface area contributed by atoms with Crippen molar-refractivity contribution in [2.24, 2.45) is 0 Å². The Hall–Kier alpha value is -2.00. The molecule has 0 bridgehead atoms. The number of benzene rings is 1. The molecule has 1 atom stereocenters. The lowest BCUT2D eigenvalue weighted by Gasteiger charge is -2.15. The van der Waals surface area contributed by atoms with Gasteiger partial charge >= 0.3 is 6.61 Å². The van der Waals surface area contributed by atoms with Gasteiger partial charge in [-0.3, -0.25) is 0 Å². The Morgan fingerprint density at radius 2 is 1.96 bits per heavy atom. The zero-order chi connectivity index (χ0) is 17.1. The number of fused-ring (bicyclic) bond motifs is 1. The standard InChI is InChI=1S/C15H14F2N4OS2/c1-8(9-3-5-10(6-4-9)22-14(16)17)20-12-11-13(19-7-18-12)21-15(23-2)24-11/h3-8,14H,1-2H3,(H,18,19,20). The number of nitrogens with zero attached hydrogens (tertiary/aromatic N) is 3. The summed E-state index contributed by atoms with van der Waals surface area (Å²) >= 11 is 3.09. The van der Waals surface area contributed by atoms with Crippen LogP contribution in [0.4, 0.5) is 14.6 Å². The van der Waals surface area contributed by atoms with Gasteiger partial charge in [0.25, 0.3) is 0 Å². The Morgan fingerprint density at radius 1 is 1.21 bits per heavy atom. The number of thiazole rings is 1. The quantitative estimate of drug-likeness (QED) is 0.643. The molecule has 126 valence electrons. The van der Waals surface area contributed by atoms with Gasteiger partial charge in [-0.2, -0.15) is 8.78 Å². The van der Waals surface area contributed by atoms with E-state index in [9.17, 15) is 8.78 Å². The molecule has 3 rings (SSSR count). The lowest BCUT2D eigenvalue weighted by atomic mass is 10.1. The van der Waals surface area contributed by atoms with Gasteiger partial charge in [0.05, 0.1) is 0 Å². The van der Waals surface area contributed by atoms with Crippen LogP contribution in [0.2, 0.25) is 0 Å². The largest absolute Gasteiger partial charge is 0.435 e. The number of ether oxygens (including phenoxy) is 1. The molecule has 1 unspecified atom stereocenters. The molecule has 2 heterocycles. The SMILES string of the molecule is CSc1nc2ncnc(NC(C)c3ccc(OC(F)F)cc3)c2s1. The van der Waals surface area contributed by atoms with Gasteiger partial charge in [0.2, 0.25) is 0 Å². The van der Waals surface area contributed by atoms with Crippen LogP contribution in [-0.2, 0) is 0 Å². The average molecular weight is 368 g/mol. The number of alkyl halides is 2. The zero-order valence-corrected chi connectivity index (χ0v) is 14.5. The van der Waals surface area contributed by atoms with Gasteiger partial charge in [-0.05, 0) is 30.9 Å². The van der Waals surface area contributed by atoms with E-state index in [0.29, 0.717) is 11.5 Å². The number of hydrogen-bond donors (Lipinski definition) is 1. The molecule has 2 aromatic heterocycles. The van der Waals surface area contributed by atoms with E-state index in [1.54, 1.807) is 23.9 Å². The summed E-state index contributed by atoms with van der Waals surface area (Å²) in [5.74, 6) is 0.843. The van der Waals surface area contributed by atoms with Gasteiger partial charge in [0, 0.05) is 6.04 Å². The van der Waals surface area contributed by atoms with Crippen LogP contribution in [-0.4, -0.2) is 27.8 Å². The monoisotopic (exact) mass is 368 g/mol. The van der Waals surface area contributed by atoms with E-state index in [4.69, 9.17) is 0 Å². The molecule has 9 heteroatoms. The number of anilines is 1. The molecular weight excluding hydrogens is 354 g/mol. The Labute approximate surface area is 145 Å². The van der Waals surface area contributed by atoms with E-state index in [1.807, 2.05) is 13.2 Å². The maximum absolute atomic E-state index is 12.2. The topological polar surface area (TPSA) is 59.9 Å². The summed E-state index contributed by atoms with van der Waals surface area (Å²) in [6.45, 7) is -0.856. The molecule has 0 saturated carbocycles. The first-order valence-electron chi connectivity index (χ1n) is 7.03. The van der Waals surface area contributed by atoms with E-state index < -0.39 is 6.61 Å². The highest BCUT2D eigenvalue weighted by molar-refractivity contribution is 8.00. The second kappa shape index (κ2) is 7.27. The average Bonchev–Trinajstić information content (AvgIpc) is 2.99. The summed E-state index contributed by atoms with van der Waals surface area (Å²) in [5, 5.41) is 3.32. The number of thioether (sulfide) groups is 1. The van der Waals surface area contributed by atoms with E-state index in [2.05, 4.69) is 25.0 Å². The van der Waals surface area contributed by atoms with E-state index in [-0.39, 0.29) is 11.8 Å². The van der Waals surface area contributed by atoms with Gasteiger partial charge in [-0.25, -0.2) is 15.0 Å². The molecule has 0 fully saturated rings. The summed E-state index contributed by atoms with van der Waals surface area (Å²) in [6, 6.07) is 6.46. The van der Waals surface area contributed by atoms with Gasteiger partial charge in [0.1, 0.15) is 22.6 Å². The Kier molecular flexibility index (Phi) is 5.10. The smallest absolute Gasteiger partial charge is 0.387 e. The molecule has 0 amide bonds. The Morgan fingerprint density at radius 3 is 2.62 bits per heavy atom. The molecule has 0 aliphatic heterocycles. The molecule has 5 nitrogen and oxygen atoms in total. The van der Waals surface area contributed by atoms with Gasteiger partial charge < -0.3 is 10.1 Å². The fourth-order valence-corrected chi connectivity index (χ4v) is 3.62. The molecule has 1 N–H and O–H groups in total. The van der Waals surface area contributed by atoms with Crippen LogP contribution in [0.3, 0.4) is 0 Å². The molecule has 0 saturated heterocycles. The molecule has 0 aliphatic carbocycles. The van der Waals surface area contributed by atoms with Gasteiger partial charge in [-0.1, -0.05) is 23.9 Å². The summed E-state index contributed by atoms with van der Waals surface area (Å²) in [7, 11) is 0. The van der Waals surface area contributed by atoms with Crippen LogP contribution >= 0.6 is 23.1 Å². The second-order valence-corrected chi connectivity index (χ2v) is 6.92. The highest BCUT2D eigenvalue weighted by Gasteiger charge is 2.13. The predicted octanol–water partition coefficient (Wildman–Crippen LogP) is 4.58. The molecule has 0 aliphatic rings. The molecule has 1 aromatic carbocycles. The molecule has 0 radical (unpaired) electrons. The van der Waals surface area contributed by atoms with Crippen molar-refractivity contribution in [3.8, 4) is 5.75 Å². The lowest BCUT2D eigenvalue weighted by molar-refractivity contribution is -0.0498. The van der Waals surface area contributed by atoms with Crippen molar-refractivity contribution < 1.29 is 13.5 Å². The molecule has 3 aromatic rings. The van der Waals surface area contributed by atoms with Crippen LogP contribution in [0.1, 0.15) is 18.5 Å². The first kappa shape index (κ1) is 16.8. The van der Waals surface area contributed by atoms with Crippen molar-refractivity contribution in [3.05, 3.63) is 36.2 Å². The van der Waals surface area contributed by atoms with E-state index in [0.717, 1.165) is 14.6 Å². The van der Waals surface area contributed by atoms with Crippen molar-refractivity contribution in [2.75, 3.05) is 11.6 Å². The number of rotatable bonds is 6. The van der Waals surface area contributed by atoms with Crippen molar-refractivity contribution in [1.82, 2.24) is 15.0 Å². The highest BCUT2D eigenvalue weighted by Crippen LogP contribution is 2.32. The first-order valence-corrected chi connectivity index (χ1v) is 9.08. The lowest BCUT2D eigenvalue weighted by Crippen LogP contribution is -2.08. The van der Waals surface area contributed by atoms with Crippen LogP contribution < -0.4 is 10.1 Å². The van der Waals surface area contributed by atoms with Gasteiger partial charge in [0.15, 0.2) is 9.99 Å². The first-order chi connectivity index (χ1) is 11.6. The van der Waals surface area contributed by atoms with Crippen molar-refractivity contribution in [2.45, 2.75) is 23.9 Å². The maximum atomic E-state index is 12.2. The Bertz CT molecular complexity index is 826. The fourth-order valence-electron chi connectivity index (χ4n) is 2.15. The fraction of sp³-hybridized carbons (Fsp3) is 0.267. The number of aromatic nitrogens is 3. The molecular formula is C15H14F2N4OS2. The van der Waals surface area contributed by atoms with E-state index in [1.165, 1.54) is 29.8 Å². The second-order valence-electron chi connectivity index (χ2n) is 4.87. The molecule has 0 spiro atoms. The third-order valence-electron chi connectivity index (χ3n) is 3.30. The summed E-state index contributed by atoms with van der Waals surface area (Å²) in [6.07, 6.45) is 3.44. The minimum Gasteiger partial charge on any atom is -0.435 e. The van der Waals surface area contributed by atoms with Crippen molar-refractivity contribution >= 4 is 39.3 Å². The van der Waals surface area contributed by atoms with Gasteiger partial charge in [-0.15, -0.1) is 11.3 Å². The third kappa shape index (κ3) is 3.73.